The fraction of sp³-hybridized carbons (Fsp3) is 0.310. The van der Waals surface area contributed by atoms with Gasteiger partial charge in [0.05, 0.1) is 0 Å². The molecule has 2 aliphatic heterocycles. The van der Waals surface area contributed by atoms with Crippen LogP contribution in [0.25, 0.3) is 0 Å². The van der Waals surface area contributed by atoms with Crippen LogP contribution in [0, 0.1) is 5.92 Å². The summed E-state index contributed by atoms with van der Waals surface area (Å²) in [6.07, 6.45) is 0.634. The number of anilines is 2. The predicted octanol–water partition coefficient (Wildman–Crippen LogP) is 4.62. The highest BCUT2D eigenvalue weighted by Crippen LogP contribution is 2.30. The minimum absolute atomic E-state index is 0.0132. The van der Waals surface area contributed by atoms with Crippen molar-refractivity contribution < 1.29 is 32.7 Å². The molecule has 0 unspecified atom stereocenters. The van der Waals surface area contributed by atoms with Crippen molar-refractivity contribution >= 4 is 29.2 Å². The van der Waals surface area contributed by atoms with Gasteiger partial charge in [-0.25, -0.2) is 4.79 Å². The highest BCUT2D eigenvalue weighted by atomic mass is 19.4. The normalized spacial score (nSPS) is 16.0. The van der Waals surface area contributed by atoms with Gasteiger partial charge >= 0.3 is 12.1 Å². The van der Waals surface area contributed by atoms with E-state index in [1.165, 1.54) is 5.69 Å². The molecule has 1 N–H and O–H groups in total. The van der Waals surface area contributed by atoms with Gasteiger partial charge in [0.15, 0.2) is 0 Å². The van der Waals surface area contributed by atoms with Crippen LogP contribution in [0.5, 0.6) is 0 Å². The Kier molecular flexibility index (Phi) is 9.03. The maximum Gasteiger partial charge on any atom is 0.490 e. The maximum absolute atomic E-state index is 13.4. The van der Waals surface area contributed by atoms with E-state index < -0.39 is 12.1 Å². The van der Waals surface area contributed by atoms with E-state index in [0.717, 1.165) is 37.2 Å². The zero-order chi connectivity index (χ0) is 28.7. The van der Waals surface area contributed by atoms with Crippen LogP contribution in [0.1, 0.15) is 28.8 Å². The van der Waals surface area contributed by atoms with Gasteiger partial charge < -0.3 is 19.8 Å². The van der Waals surface area contributed by atoms with Gasteiger partial charge in [-0.15, -0.1) is 0 Å². The molecule has 5 rings (SSSR count). The van der Waals surface area contributed by atoms with Crippen LogP contribution in [-0.2, 0) is 16.1 Å². The van der Waals surface area contributed by atoms with Gasteiger partial charge in [0, 0.05) is 55.5 Å². The van der Waals surface area contributed by atoms with Gasteiger partial charge in [-0.1, -0.05) is 36.4 Å². The fourth-order valence-electron chi connectivity index (χ4n) is 4.85. The molecule has 3 aromatic rings. The Morgan fingerprint density at radius 2 is 1.50 bits per heavy atom. The number of alkyl halides is 3. The lowest BCUT2D eigenvalue weighted by Gasteiger charge is -2.36. The summed E-state index contributed by atoms with van der Waals surface area (Å²) < 4.78 is 31.7. The van der Waals surface area contributed by atoms with Crippen molar-refractivity contribution in [3.63, 3.8) is 0 Å². The summed E-state index contributed by atoms with van der Waals surface area (Å²) in [5, 5.41) is 7.12. The van der Waals surface area contributed by atoms with Crippen LogP contribution in [0.15, 0.2) is 79.1 Å². The molecule has 1 fully saturated rings. The van der Waals surface area contributed by atoms with E-state index in [9.17, 15) is 22.8 Å². The molecule has 0 aliphatic carbocycles. The Morgan fingerprint density at radius 3 is 2.12 bits per heavy atom. The number of carbonyl (C=O) groups is 3. The average Bonchev–Trinajstić information content (AvgIpc) is 3.10. The number of hydrogen-bond acceptors (Lipinski definition) is 5. The molecule has 2 aromatic carbocycles. The third kappa shape index (κ3) is 7.16. The standard InChI is InChI=1S/C27H28N4O2.C2HF3O2/c32-26-20-30(27(33)22-6-2-1-3-7-22)19-23-8-4-5-9-25(23)31(26)18-21-12-16-29(17-13-21)24-10-14-28-15-11-24;3-2(4,5)1(6)7/h1-11,14-15,21H,12-13,16-20H2;(H,6,7). The second-order valence-corrected chi connectivity index (χ2v) is 9.60. The molecule has 3 heterocycles. The molecular formula is C29H29F3N4O4. The maximum atomic E-state index is 13.4. The Balaban J connectivity index is 0.000000470. The molecule has 2 aliphatic rings. The van der Waals surface area contributed by atoms with Gasteiger partial charge in [0.2, 0.25) is 5.91 Å². The highest BCUT2D eigenvalue weighted by molar-refractivity contribution is 6.01. The largest absolute Gasteiger partial charge is 0.490 e. The van der Waals surface area contributed by atoms with E-state index >= 15 is 0 Å². The van der Waals surface area contributed by atoms with Crippen molar-refractivity contribution in [3.8, 4) is 0 Å². The van der Waals surface area contributed by atoms with Crippen molar-refractivity contribution in [3.05, 3.63) is 90.3 Å². The molecule has 0 saturated carbocycles. The fourth-order valence-corrected chi connectivity index (χ4v) is 4.85. The van der Waals surface area contributed by atoms with Gasteiger partial charge in [0.1, 0.15) is 6.54 Å². The number of amides is 2. The van der Waals surface area contributed by atoms with Crippen molar-refractivity contribution in [1.29, 1.82) is 0 Å². The number of carboxylic acid groups (broad SMARTS) is 1. The molecule has 1 aromatic heterocycles. The molecule has 1 saturated heterocycles. The summed E-state index contributed by atoms with van der Waals surface area (Å²) in [4.78, 5) is 45.5. The molecular weight excluding hydrogens is 525 g/mol. The minimum atomic E-state index is -5.08. The zero-order valence-corrected chi connectivity index (χ0v) is 21.6. The first-order chi connectivity index (χ1) is 19.1. The third-order valence-corrected chi connectivity index (χ3v) is 6.90. The van der Waals surface area contributed by atoms with Crippen LogP contribution in [0.2, 0.25) is 0 Å². The van der Waals surface area contributed by atoms with E-state index in [1.54, 1.807) is 17.0 Å². The number of aliphatic carboxylic acids is 1. The summed E-state index contributed by atoms with van der Waals surface area (Å²) in [6, 6.07) is 21.3. The molecule has 11 heteroatoms. The molecule has 40 heavy (non-hydrogen) atoms. The average molecular weight is 555 g/mol. The summed E-state index contributed by atoms with van der Waals surface area (Å²) in [6.45, 7) is 3.16. The monoisotopic (exact) mass is 554 g/mol. The van der Waals surface area contributed by atoms with E-state index in [2.05, 4.69) is 9.88 Å². The number of rotatable bonds is 4. The number of carbonyl (C=O) groups excluding carboxylic acids is 2. The molecule has 0 atom stereocenters. The topological polar surface area (TPSA) is 94.0 Å². The quantitative estimate of drug-likeness (QED) is 0.506. The number of nitrogens with zero attached hydrogens (tertiary/aromatic N) is 4. The Hall–Kier alpha value is -4.41. The molecule has 0 spiro atoms. The lowest BCUT2D eigenvalue weighted by molar-refractivity contribution is -0.192. The number of piperidine rings is 1. The lowest BCUT2D eigenvalue weighted by atomic mass is 9.95. The third-order valence-electron chi connectivity index (χ3n) is 6.90. The number of aromatic nitrogens is 1. The highest BCUT2D eigenvalue weighted by Gasteiger charge is 2.38. The Labute approximate surface area is 229 Å². The van der Waals surface area contributed by atoms with E-state index in [0.29, 0.717) is 24.6 Å². The van der Waals surface area contributed by atoms with Crippen molar-refractivity contribution in [2.45, 2.75) is 25.6 Å². The van der Waals surface area contributed by atoms with Crippen molar-refractivity contribution in [2.75, 3.05) is 36.0 Å². The number of pyridine rings is 1. The number of halogens is 3. The number of fused-ring (bicyclic) bond motifs is 1. The number of carboxylic acids is 1. The SMILES string of the molecule is O=C(O)C(F)(F)F.O=C(c1ccccc1)N1CC(=O)N(CC2CCN(c3ccncc3)CC2)c2ccccc2C1. The zero-order valence-electron chi connectivity index (χ0n) is 21.6. The van der Waals surface area contributed by atoms with Gasteiger partial charge in [0.25, 0.3) is 5.91 Å². The summed E-state index contributed by atoms with van der Waals surface area (Å²) in [5.41, 5.74) is 3.76. The molecule has 2 amide bonds. The smallest absolute Gasteiger partial charge is 0.475 e. The number of hydrogen-bond donors (Lipinski definition) is 1. The first kappa shape index (κ1) is 28.6. The van der Waals surface area contributed by atoms with Gasteiger partial charge in [-0.3, -0.25) is 14.6 Å². The summed E-state index contributed by atoms with van der Waals surface area (Å²) in [7, 11) is 0. The second-order valence-electron chi connectivity index (χ2n) is 9.60. The molecule has 0 radical (unpaired) electrons. The molecule has 0 bridgehead atoms. The number of para-hydroxylation sites is 1. The van der Waals surface area contributed by atoms with E-state index in [-0.39, 0.29) is 18.4 Å². The Bertz CT molecular complexity index is 1310. The first-order valence-corrected chi connectivity index (χ1v) is 12.8. The van der Waals surface area contributed by atoms with Crippen molar-refractivity contribution in [2.24, 2.45) is 5.92 Å². The lowest BCUT2D eigenvalue weighted by Crippen LogP contribution is -2.44. The van der Waals surface area contributed by atoms with Crippen LogP contribution in [0.3, 0.4) is 0 Å². The van der Waals surface area contributed by atoms with Crippen LogP contribution < -0.4 is 9.80 Å². The summed E-state index contributed by atoms with van der Waals surface area (Å²) in [5.74, 6) is -2.45. The van der Waals surface area contributed by atoms with Gasteiger partial charge in [-0.2, -0.15) is 13.2 Å². The van der Waals surface area contributed by atoms with Crippen LogP contribution in [-0.4, -0.2) is 65.1 Å². The Morgan fingerprint density at radius 1 is 0.900 bits per heavy atom. The molecule has 8 nitrogen and oxygen atoms in total. The predicted molar refractivity (Wildman–Crippen MR) is 143 cm³/mol. The summed E-state index contributed by atoms with van der Waals surface area (Å²) >= 11 is 0. The van der Waals surface area contributed by atoms with E-state index in [1.807, 2.05) is 71.9 Å². The van der Waals surface area contributed by atoms with Crippen molar-refractivity contribution in [1.82, 2.24) is 9.88 Å². The van der Waals surface area contributed by atoms with Crippen LogP contribution in [0.4, 0.5) is 24.5 Å². The second kappa shape index (κ2) is 12.6. The van der Waals surface area contributed by atoms with E-state index in [4.69, 9.17) is 9.90 Å². The molecule has 210 valence electrons. The van der Waals surface area contributed by atoms with Crippen LogP contribution >= 0.6 is 0 Å². The number of benzene rings is 2. The first-order valence-electron chi connectivity index (χ1n) is 12.8. The van der Waals surface area contributed by atoms with Gasteiger partial charge in [-0.05, 0) is 54.7 Å². The minimum Gasteiger partial charge on any atom is -0.475 e.